The third-order valence-corrected chi connectivity index (χ3v) is 4.66. The highest BCUT2D eigenvalue weighted by molar-refractivity contribution is 7.09. The number of carbonyl (C=O) groups is 2. The van der Waals surface area contributed by atoms with Gasteiger partial charge in [0.2, 0.25) is 11.8 Å². The third-order valence-electron chi connectivity index (χ3n) is 3.89. The molecule has 0 spiro atoms. The quantitative estimate of drug-likeness (QED) is 0.798. The lowest BCUT2D eigenvalue weighted by Gasteiger charge is -2.20. The second-order valence-corrected chi connectivity index (χ2v) is 7.47. The predicted molar refractivity (Wildman–Crippen MR) is 101 cm³/mol. The molecule has 0 unspecified atom stereocenters. The van der Waals surface area contributed by atoms with E-state index in [0.717, 1.165) is 28.2 Å². The van der Waals surface area contributed by atoms with Gasteiger partial charge in [-0.3, -0.25) is 9.59 Å². The SMILES string of the molecule is CC(=O)N[C@H](C(=O)NCCc1ccc(-c2csc(C)n2)cc1)C(C)C. The molecule has 1 aromatic heterocycles. The monoisotopic (exact) mass is 359 g/mol. The highest BCUT2D eigenvalue weighted by atomic mass is 32.1. The predicted octanol–water partition coefficient (Wildman–Crippen LogP) is 2.94. The molecule has 0 aliphatic rings. The van der Waals surface area contributed by atoms with E-state index in [2.05, 4.69) is 45.3 Å². The van der Waals surface area contributed by atoms with Crippen molar-refractivity contribution in [1.29, 1.82) is 0 Å². The van der Waals surface area contributed by atoms with Crippen LogP contribution in [0.1, 0.15) is 31.3 Å². The van der Waals surface area contributed by atoms with Crippen molar-refractivity contribution in [3.8, 4) is 11.3 Å². The summed E-state index contributed by atoms with van der Waals surface area (Å²) in [5.74, 6) is -0.286. The number of amides is 2. The van der Waals surface area contributed by atoms with E-state index in [1.165, 1.54) is 6.92 Å². The number of rotatable bonds is 7. The zero-order valence-corrected chi connectivity index (χ0v) is 15.9. The molecule has 6 heteroatoms. The Balaban J connectivity index is 1.86. The molecule has 5 nitrogen and oxygen atoms in total. The van der Waals surface area contributed by atoms with Gasteiger partial charge in [-0.25, -0.2) is 4.98 Å². The number of benzene rings is 1. The second kappa shape index (κ2) is 8.76. The van der Waals surface area contributed by atoms with Crippen molar-refractivity contribution < 1.29 is 9.59 Å². The molecule has 0 aliphatic carbocycles. The summed E-state index contributed by atoms with van der Waals surface area (Å²) in [5, 5.41) is 8.71. The summed E-state index contributed by atoms with van der Waals surface area (Å²) in [4.78, 5) is 27.9. The first-order chi connectivity index (χ1) is 11.9. The maximum Gasteiger partial charge on any atom is 0.242 e. The van der Waals surface area contributed by atoms with E-state index in [9.17, 15) is 9.59 Å². The molecule has 0 saturated heterocycles. The largest absolute Gasteiger partial charge is 0.354 e. The van der Waals surface area contributed by atoms with Crippen molar-refractivity contribution in [2.24, 2.45) is 5.92 Å². The fourth-order valence-corrected chi connectivity index (χ4v) is 3.15. The number of carbonyl (C=O) groups excluding carboxylic acids is 2. The molecule has 2 aromatic rings. The lowest BCUT2D eigenvalue weighted by molar-refractivity contribution is -0.129. The summed E-state index contributed by atoms with van der Waals surface area (Å²) in [6, 6.07) is 7.74. The summed E-state index contributed by atoms with van der Waals surface area (Å²) >= 11 is 1.64. The van der Waals surface area contributed by atoms with Gasteiger partial charge in [-0.1, -0.05) is 38.1 Å². The highest BCUT2D eigenvalue weighted by Gasteiger charge is 2.22. The van der Waals surface area contributed by atoms with Gasteiger partial charge in [-0.15, -0.1) is 11.3 Å². The Morgan fingerprint density at radius 3 is 2.40 bits per heavy atom. The van der Waals surface area contributed by atoms with Crippen LogP contribution in [-0.4, -0.2) is 29.4 Å². The molecule has 1 heterocycles. The molecule has 2 amide bonds. The van der Waals surface area contributed by atoms with Crippen LogP contribution in [0, 0.1) is 12.8 Å². The van der Waals surface area contributed by atoms with Gasteiger partial charge in [-0.2, -0.15) is 0 Å². The van der Waals surface area contributed by atoms with Crippen LogP contribution in [0.2, 0.25) is 0 Å². The minimum absolute atomic E-state index is 0.0461. The number of nitrogens with zero attached hydrogens (tertiary/aromatic N) is 1. The lowest BCUT2D eigenvalue weighted by atomic mass is 10.0. The van der Waals surface area contributed by atoms with Crippen molar-refractivity contribution in [2.75, 3.05) is 6.54 Å². The average molecular weight is 359 g/mol. The molecule has 2 N–H and O–H groups in total. The topological polar surface area (TPSA) is 71.1 Å². The maximum atomic E-state index is 12.2. The van der Waals surface area contributed by atoms with Gasteiger partial charge < -0.3 is 10.6 Å². The van der Waals surface area contributed by atoms with Gasteiger partial charge in [0.05, 0.1) is 10.7 Å². The summed E-state index contributed by atoms with van der Waals surface area (Å²) in [6.45, 7) is 7.79. The highest BCUT2D eigenvalue weighted by Crippen LogP contribution is 2.21. The van der Waals surface area contributed by atoms with Gasteiger partial charge in [0.1, 0.15) is 6.04 Å². The van der Waals surface area contributed by atoms with Crippen molar-refractivity contribution in [3.63, 3.8) is 0 Å². The standard InChI is InChI=1S/C19H25N3O2S/c1-12(2)18(21-13(3)23)19(24)20-10-9-15-5-7-16(8-6-15)17-11-25-14(4)22-17/h5-8,11-12,18H,9-10H2,1-4H3,(H,20,24)(H,21,23)/t18-/m0/s1. The summed E-state index contributed by atoms with van der Waals surface area (Å²) < 4.78 is 0. The number of thiazole rings is 1. The van der Waals surface area contributed by atoms with Gasteiger partial charge in [0.25, 0.3) is 0 Å². The van der Waals surface area contributed by atoms with Gasteiger partial charge in [0.15, 0.2) is 0 Å². The van der Waals surface area contributed by atoms with Crippen molar-refractivity contribution in [3.05, 3.63) is 40.2 Å². The Morgan fingerprint density at radius 2 is 1.88 bits per heavy atom. The summed E-state index contributed by atoms with van der Waals surface area (Å²) in [6.07, 6.45) is 0.743. The van der Waals surface area contributed by atoms with Gasteiger partial charge in [0, 0.05) is 24.4 Å². The first-order valence-corrected chi connectivity index (χ1v) is 9.31. The molecular weight excluding hydrogens is 334 g/mol. The van der Waals surface area contributed by atoms with Crippen molar-refractivity contribution >= 4 is 23.2 Å². The maximum absolute atomic E-state index is 12.2. The first-order valence-electron chi connectivity index (χ1n) is 8.43. The molecule has 0 fully saturated rings. The summed E-state index contributed by atoms with van der Waals surface area (Å²) in [5.41, 5.74) is 3.25. The van der Waals surface area contributed by atoms with Crippen LogP contribution >= 0.6 is 11.3 Å². The Labute approximate surface area is 152 Å². The number of hydrogen-bond donors (Lipinski definition) is 2. The molecule has 134 valence electrons. The molecule has 0 saturated carbocycles. The van der Waals surface area contributed by atoms with E-state index in [4.69, 9.17) is 0 Å². The minimum Gasteiger partial charge on any atom is -0.354 e. The Bertz CT molecular complexity index is 723. The fourth-order valence-electron chi connectivity index (χ4n) is 2.53. The third kappa shape index (κ3) is 5.67. The minimum atomic E-state index is -0.493. The fraction of sp³-hybridized carbons (Fsp3) is 0.421. The normalized spacial score (nSPS) is 12.0. The van der Waals surface area contributed by atoms with Crippen molar-refractivity contribution in [1.82, 2.24) is 15.6 Å². The van der Waals surface area contributed by atoms with Gasteiger partial charge in [-0.05, 0) is 24.8 Å². The van der Waals surface area contributed by atoms with Crippen LogP contribution in [0.25, 0.3) is 11.3 Å². The Morgan fingerprint density at radius 1 is 1.20 bits per heavy atom. The smallest absolute Gasteiger partial charge is 0.242 e. The molecule has 2 rings (SSSR count). The van der Waals surface area contributed by atoms with Crippen molar-refractivity contribution in [2.45, 2.75) is 40.2 Å². The van der Waals surface area contributed by atoms with Crippen LogP contribution in [0.3, 0.4) is 0 Å². The van der Waals surface area contributed by atoms with E-state index >= 15 is 0 Å². The van der Waals surface area contributed by atoms with Crippen LogP contribution < -0.4 is 10.6 Å². The second-order valence-electron chi connectivity index (χ2n) is 6.41. The zero-order chi connectivity index (χ0) is 18.4. The van der Waals surface area contributed by atoms with E-state index in [1.54, 1.807) is 11.3 Å². The van der Waals surface area contributed by atoms with Crippen LogP contribution in [-0.2, 0) is 16.0 Å². The number of aromatic nitrogens is 1. The molecule has 0 bridgehead atoms. The molecular formula is C19H25N3O2S. The zero-order valence-electron chi connectivity index (χ0n) is 15.1. The first kappa shape index (κ1) is 19.1. The van der Waals surface area contributed by atoms with E-state index in [1.807, 2.05) is 20.8 Å². The number of hydrogen-bond acceptors (Lipinski definition) is 4. The van der Waals surface area contributed by atoms with E-state index in [-0.39, 0.29) is 17.7 Å². The Hall–Kier alpha value is -2.21. The molecule has 0 radical (unpaired) electrons. The van der Waals surface area contributed by atoms with E-state index < -0.39 is 6.04 Å². The van der Waals surface area contributed by atoms with Crippen LogP contribution in [0.5, 0.6) is 0 Å². The summed E-state index contributed by atoms with van der Waals surface area (Å²) in [7, 11) is 0. The average Bonchev–Trinajstić information content (AvgIpc) is 2.99. The molecule has 0 aliphatic heterocycles. The van der Waals surface area contributed by atoms with Crippen LogP contribution in [0.4, 0.5) is 0 Å². The lowest BCUT2D eigenvalue weighted by Crippen LogP contribution is -2.49. The van der Waals surface area contributed by atoms with Crippen LogP contribution in [0.15, 0.2) is 29.6 Å². The van der Waals surface area contributed by atoms with E-state index in [0.29, 0.717) is 6.54 Å². The number of aryl methyl sites for hydroxylation is 1. The van der Waals surface area contributed by atoms with Gasteiger partial charge >= 0.3 is 0 Å². The molecule has 25 heavy (non-hydrogen) atoms. The Kier molecular flexibility index (Phi) is 6.70. The number of nitrogens with one attached hydrogen (secondary N) is 2. The molecule has 1 atom stereocenters. The molecule has 1 aromatic carbocycles.